The summed E-state index contributed by atoms with van der Waals surface area (Å²) in [4.78, 5) is 0. The zero-order chi connectivity index (χ0) is 12.3. The van der Waals surface area contributed by atoms with Crippen LogP contribution in [0, 0.1) is 0 Å². The fourth-order valence-corrected chi connectivity index (χ4v) is 1.74. The van der Waals surface area contributed by atoms with Crippen LogP contribution in [0.4, 0.5) is 11.4 Å². The van der Waals surface area contributed by atoms with Crippen LogP contribution >= 0.6 is 23.2 Å². The Morgan fingerprint density at radius 3 is 2.56 bits per heavy atom. The van der Waals surface area contributed by atoms with Crippen molar-refractivity contribution in [3.05, 3.63) is 22.2 Å². The average molecular weight is 281 g/mol. The lowest BCUT2D eigenvalue weighted by Gasteiger charge is -2.13. The maximum absolute atomic E-state index is 11.2. The number of halogens is 2. The molecule has 0 fully saturated rings. The third-order valence-corrected chi connectivity index (χ3v) is 4.26. The zero-order valence-corrected chi connectivity index (χ0v) is 11.4. The third-order valence-electron chi connectivity index (χ3n) is 2.24. The number of nitrogens with one attached hydrogen (secondary N) is 1. The van der Waals surface area contributed by atoms with Crippen molar-refractivity contribution in [2.75, 3.05) is 23.9 Å². The van der Waals surface area contributed by atoms with Gasteiger partial charge in [-0.25, -0.2) is 0 Å². The van der Waals surface area contributed by atoms with Crippen molar-refractivity contribution in [3.8, 4) is 0 Å². The first-order valence-electron chi connectivity index (χ1n) is 4.72. The summed E-state index contributed by atoms with van der Waals surface area (Å²) in [6, 6.07) is 3.27. The SMILES string of the molecule is CC(CNc1cc(Cl)c(Cl)cc1N)S(C)=O. The summed E-state index contributed by atoms with van der Waals surface area (Å²) in [5, 5.41) is 4.03. The normalized spacial score (nSPS) is 14.5. The molecule has 2 atom stereocenters. The van der Waals surface area contributed by atoms with Crippen LogP contribution < -0.4 is 11.1 Å². The van der Waals surface area contributed by atoms with Gasteiger partial charge in [-0.2, -0.15) is 0 Å². The van der Waals surface area contributed by atoms with E-state index in [4.69, 9.17) is 28.9 Å². The van der Waals surface area contributed by atoms with Gasteiger partial charge in [0.05, 0.1) is 21.4 Å². The third kappa shape index (κ3) is 3.54. The van der Waals surface area contributed by atoms with E-state index < -0.39 is 10.8 Å². The molecule has 0 aliphatic carbocycles. The number of anilines is 2. The number of nitrogen functional groups attached to an aromatic ring is 1. The quantitative estimate of drug-likeness (QED) is 0.834. The first-order chi connectivity index (χ1) is 7.41. The van der Waals surface area contributed by atoms with Crippen molar-refractivity contribution in [1.29, 1.82) is 0 Å². The van der Waals surface area contributed by atoms with Crippen LogP contribution in [-0.2, 0) is 10.8 Å². The van der Waals surface area contributed by atoms with Gasteiger partial charge in [0, 0.05) is 28.9 Å². The number of benzene rings is 1. The summed E-state index contributed by atoms with van der Waals surface area (Å²) in [5.41, 5.74) is 7.02. The minimum absolute atomic E-state index is 0.0499. The maximum Gasteiger partial charge on any atom is 0.0614 e. The Hall–Kier alpha value is -0.450. The molecule has 1 aromatic carbocycles. The molecular formula is C10H14Cl2N2OS. The molecule has 0 heterocycles. The first kappa shape index (κ1) is 13.6. The Morgan fingerprint density at radius 1 is 1.44 bits per heavy atom. The van der Waals surface area contributed by atoms with Crippen LogP contribution in [0.5, 0.6) is 0 Å². The fraction of sp³-hybridized carbons (Fsp3) is 0.400. The van der Waals surface area contributed by atoms with Gasteiger partial charge in [-0.3, -0.25) is 4.21 Å². The van der Waals surface area contributed by atoms with Crippen molar-refractivity contribution in [2.45, 2.75) is 12.2 Å². The van der Waals surface area contributed by atoms with Gasteiger partial charge in [0.2, 0.25) is 0 Å². The van der Waals surface area contributed by atoms with Crippen molar-refractivity contribution in [3.63, 3.8) is 0 Å². The Bertz CT molecular complexity index is 412. The maximum atomic E-state index is 11.2. The van der Waals surface area contributed by atoms with Crippen LogP contribution in [0.25, 0.3) is 0 Å². The van der Waals surface area contributed by atoms with Gasteiger partial charge in [0.1, 0.15) is 0 Å². The van der Waals surface area contributed by atoms with E-state index >= 15 is 0 Å². The largest absolute Gasteiger partial charge is 0.397 e. The lowest BCUT2D eigenvalue weighted by atomic mass is 10.2. The monoisotopic (exact) mass is 280 g/mol. The van der Waals surface area contributed by atoms with E-state index in [1.807, 2.05) is 6.92 Å². The van der Waals surface area contributed by atoms with Gasteiger partial charge in [0.25, 0.3) is 0 Å². The van der Waals surface area contributed by atoms with E-state index in [0.29, 0.717) is 28.0 Å². The Morgan fingerprint density at radius 2 is 2.00 bits per heavy atom. The van der Waals surface area contributed by atoms with Crippen LogP contribution in [0.2, 0.25) is 10.0 Å². The lowest BCUT2D eigenvalue weighted by Crippen LogP contribution is -2.21. The molecule has 0 aromatic heterocycles. The summed E-state index contributed by atoms with van der Waals surface area (Å²) in [7, 11) is -0.863. The van der Waals surface area contributed by atoms with E-state index in [9.17, 15) is 4.21 Å². The number of rotatable bonds is 4. The van der Waals surface area contributed by atoms with Gasteiger partial charge in [0.15, 0.2) is 0 Å². The van der Waals surface area contributed by atoms with Crippen LogP contribution in [0.15, 0.2) is 12.1 Å². The zero-order valence-electron chi connectivity index (χ0n) is 9.09. The van der Waals surface area contributed by atoms with Crippen LogP contribution in [-0.4, -0.2) is 22.3 Å². The van der Waals surface area contributed by atoms with Crippen molar-refractivity contribution in [2.24, 2.45) is 0 Å². The van der Waals surface area contributed by atoms with Crippen LogP contribution in [0.1, 0.15) is 6.92 Å². The molecule has 0 bridgehead atoms. The van der Waals surface area contributed by atoms with Gasteiger partial charge in [-0.15, -0.1) is 0 Å². The summed E-state index contributed by atoms with van der Waals surface area (Å²) >= 11 is 11.7. The van der Waals surface area contributed by atoms with Crippen molar-refractivity contribution >= 4 is 45.4 Å². The average Bonchev–Trinajstić information content (AvgIpc) is 2.20. The van der Waals surface area contributed by atoms with Crippen molar-refractivity contribution in [1.82, 2.24) is 0 Å². The molecule has 0 amide bonds. The molecule has 0 aliphatic heterocycles. The molecule has 0 radical (unpaired) electrons. The number of nitrogens with two attached hydrogens (primary N) is 1. The molecule has 2 unspecified atom stereocenters. The van der Waals surface area contributed by atoms with E-state index in [0.717, 1.165) is 0 Å². The van der Waals surface area contributed by atoms with Crippen LogP contribution in [0.3, 0.4) is 0 Å². The molecule has 1 aromatic rings. The van der Waals surface area contributed by atoms with Gasteiger partial charge in [-0.1, -0.05) is 23.2 Å². The first-order valence-corrected chi connectivity index (χ1v) is 7.10. The molecule has 0 saturated heterocycles. The molecule has 6 heteroatoms. The molecule has 0 spiro atoms. The lowest BCUT2D eigenvalue weighted by molar-refractivity contribution is 0.679. The highest BCUT2D eigenvalue weighted by atomic mass is 35.5. The summed E-state index contributed by atoms with van der Waals surface area (Å²) in [5.74, 6) is 0. The summed E-state index contributed by atoms with van der Waals surface area (Å²) in [6.07, 6.45) is 1.67. The van der Waals surface area contributed by atoms with E-state index in [2.05, 4.69) is 5.32 Å². The minimum atomic E-state index is -0.863. The smallest absolute Gasteiger partial charge is 0.0614 e. The van der Waals surface area contributed by atoms with E-state index in [1.165, 1.54) is 0 Å². The summed E-state index contributed by atoms with van der Waals surface area (Å²) in [6.45, 7) is 2.47. The second kappa shape index (κ2) is 5.75. The second-order valence-corrected chi connectivity index (χ2v) is 6.16. The molecule has 3 nitrogen and oxygen atoms in total. The Kier molecular flexibility index (Phi) is 4.89. The molecule has 1 rings (SSSR count). The van der Waals surface area contributed by atoms with Gasteiger partial charge < -0.3 is 11.1 Å². The fourth-order valence-electron chi connectivity index (χ4n) is 1.09. The molecule has 90 valence electrons. The number of hydrogen-bond acceptors (Lipinski definition) is 3. The van der Waals surface area contributed by atoms with Crippen molar-refractivity contribution < 1.29 is 4.21 Å². The highest BCUT2D eigenvalue weighted by Crippen LogP contribution is 2.30. The molecular weight excluding hydrogens is 267 g/mol. The Labute approximate surface area is 108 Å². The second-order valence-electron chi connectivity index (χ2n) is 3.54. The number of hydrogen-bond donors (Lipinski definition) is 2. The highest BCUT2D eigenvalue weighted by molar-refractivity contribution is 7.84. The predicted molar refractivity (Wildman–Crippen MR) is 72.9 cm³/mol. The van der Waals surface area contributed by atoms with E-state index in [-0.39, 0.29) is 5.25 Å². The standard InChI is InChI=1S/C10H14Cl2N2OS/c1-6(16(2)15)5-14-10-4-8(12)7(11)3-9(10)13/h3-4,6,14H,5,13H2,1-2H3. The molecule has 0 aliphatic rings. The molecule has 16 heavy (non-hydrogen) atoms. The summed E-state index contributed by atoms with van der Waals surface area (Å²) < 4.78 is 11.2. The predicted octanol–water partition coefficient (Wildman–Crippen LogP) is 2.75. The molecule has 0 saturated carbocycles. The molecule has 3 N–H and O–H groups in total. The van der Waals surface area contributed by atoms with Gasteiger partial charge >= 0.3 is 0 Å². The van der Waals surface area contributed by atoms with E-state index in [1.54, 1.807) is 18.4 Å². The topological polar surface area (TPSA) is 55.1 Å². The van der Waals surface area contributed by atoms with Gasteiger partial charge in [-0.05, 0) is 19.1 Å². The Balaban J connectivity index is 2.74. The highest BCUT2D eigenvalue weighted by Gasteiger charge is 2.08. The minimum Gasteiger partial charge on any atom is -0.397 e.